The van der Waals surface area contributed by atoms with Crippen LogP contribution in [0.2, 0.25) is 5.02 Å². The van der Waals surface area contributed by atoms with E-state index in [-0.39, 0.29) is 11.4 Å². The fourth-order valence-electron chi connectivity index (χ4n) is 2.33. The second kappa shape index (κ2) is 8.01. The molecule has 0 fully saturated rings. The van der Waals surface area contributed by atoms with Crippen LogP contribution >= 0.6 is 11.6 Å². The van der Waals surface area contributed by atoms with Crippen molar-refractivity contribution in [3.8, 4) is 5.75 Å². The number of halogens is 3. The average molecular weight is 390 g/mol. The van der Waals surface area contributed by atoms with Gasteiger partial charge in [-0.15, -0.1) is 0 Å². The molecule has 2 aromatic carbocycles. The molecule has 1 heterocycles. The fourth-order valence-corrected chi connectivity index (χ4v) is 2.51. The van der Waals surface area contributed by atoms with Crippen molar-refractivity contribution in [2.24, 2.45) is 0 Å². The SMILES string of the molecule is COc1ccc(Cl)cc1Nc1ccnc(C(=O)Nc2ccc(F)c(F)c2)c1. The second-order valence-corrected chi connectivity index (χ2v) is 5.92. The monoisotopic (exact) mass is 389 g/mol. The van der Waals surface area contributed by atoms with Gasteiger partial charge in [0.05, 0.1) is 12.8 Å². The molecule has 0 unspecified atom stereocenters. The maximum absolute atomic E-state index is 13.3. The van der Waals surface area contributed by atoms with Crippen LogP contribution in [0.1, 0.15) is 10.5 Å². The molecule has 5 nitrogen and oxygen atoms in total. The fraction of sp³-hybridized carbons (Fsp3) is 0.0526. The highest BCUT2D eigenvalue weighted by atomic mass is 35.5. The predicted octanol–water partition coefficient (Wildman–Crippen LogP) is 5.02. The number of aromatic nitrogens is 1. The molecule has 0 spiro atoms. The predicted molar refractivity (Wildman–Crippen MR) is 99.8 cm³/mol. The van der Waals surface area contributed by atoms with E-state index in [1.54, 1.807) is 24.3 Å². The summed E-state index contributed by atoms with van der Waals surface area (Å²) in [5.41, 5.74) is 1.39. The number of carbonyl (C=O) groups excluding carboxylic acids is 1. The van der Waals surface area contributed by atoms with Crippen LogP contribution < -0.4 is 15.4 Å². The largest absolute Gasteiger partial charge is 0.495 e. The van der Waals surface area contributed by atoms with Crippen molar-refractivity contribution in [3.63, 3.8) is 0 Å². The minimum Gasteiger partial charge on any atom is -0.495 e. The van der Waals surface area contributed by atoms with E-state index < -0.39 is 17.5 Å². The van der Waals surface area contributed by atoms with Crippen LogP contribution in [0.15, 0.2) is 54.7 Å². The van der Waals surface area contributed by atoms with Crippen molar-refractivity contribution in [3.05, 3.63) is 77.1 Å². The summed E-state index contributed by atoms with van der Waals surface area (Å²) in [7, 11) is 1.53. The summed E-state index contributed by atoms with van der Waals surface area (Å²) in [5, 5.41) is 6.09. The van der Waals surface area contributed by atoms with Gasteiger partial charge in [0.15, 0.2) is 11.6 Å². The lowest BCUT2D eigenvalue weighted by atomic mass is 10.2. The summed E-state index contributed by atoms with van der Waals surface area (Å²) < 4.78 is 31.5. The summed E-state index contributed by atoms with van der Waals surface area (Å²) in [6.07, 6.45) is 1.44. The average Bonchev–Trinajstić information content (AvgIpc) is 2.65. The minimum absolute atomic E-state index is 0.0886. The number of methoxy groups -OCH3 is 1. The molecule has 8 heteroatoms. The first-order chi connectivity index (χ1) is 13.0. The molecule has 0 aliphatic carbocycles. The highest BCUT2D eigenvalue weighted by Gasteiger charge is 2.11. The van der Waals surface area contributed by atoms with Crippen LogP contribution in [0, 0.1) is 11.6 Å². The lowest BCUT2D eigenvalue weighted by Gasteiger charge is -2.12. The van der Waals surface area contributed by atoms with Crippen molar-refractivity contribution in [1.29, 1.82) is 0 Å². The zero-order chi connectivity index (χ0) is 19.4. The maximum atomic E-state index is 13.3. The third kappa shape index (κ3) is 4.51. The Morgan fingerprint density at radius 3 is 2.59 bits per heavy atom. The number of hydrogen-bond donors (Lipinski definition) is 2. The van der Waals surface area contributed by atoms with Gasteiger partial charge < -0.3 is 15.4 Å². The lowest BCUT2D eigenvalue weighted by Crippen LogP contribution is -2.14. The van der Waals surface area contributed by atoms with E-state index >= 15 is 0 Å². The molecule has 27 heavy (non-hydrogen) atoms. The van der Waals surface area contributed by atoms with Gasteiger partial charge in [0.1, 0.15) is 11.4 Å². The zero-order valence-corrected chi connectivity index (χ0v) is 14.8. The highest BCUT2D eigenvalue weighted by molar-refractivity contribution is 6.31. The molecule has 138 valence electrons. The number of ether oxygens (including phenoxy) is 1. The molecule has 1 aromatic heterocycles. The van der Waals surface area contributed by atoms with Crippen LogP contribution in [0.5, 0.6) is 5.75 Å². The highest BCUT2D eigenvalue weighted by Crippen LogP contribution is 2.30. The normalized spacial score (nSPS) is 10.4. The molecule has 0 aliphatic heterocycles. The number of pyridine rings is 1. The molecule has 2 N–H and O–H groups in total. The lowest BCUT2D eigenvalue weighted by molar-refractivity contribution is 0.102. The molecule has 3 rings (SSSR count). The van der Waals surface area contributed by atoms with Crippen molar-refractivity contribution < 1.29 is 18.3 Å². The number of amides is 1. The number of nitrogens with one attached hydrogen (secondary N) is 2. The Labute approximate surface area is 159 Å². The van der Waals surface area contributed by atoms with Crippen molar-refractivity contribution >= 4 is 34.6 Å². The molecule has 0 radical (unpaired) electrons. The smallest absolute Gasteiger partial charge is 0.274 e. The van der Waals surface area contributed by atoms with E-state index in [1.165, 1.54) is 25.4 Å². The Kier molecular flexibility index (Phi) is 5.52. The van der Waals surface area contributed by atoms with Gasteiger partial charge in [0.25, 0.3) is 5.91 Å². The maximum Gasteiger partial charge on any atom is 0.274 e. The minimum atomic E-state index is -1.05. The van der Waals surface area contributed by atoms with Crippen LogP contribution in [-0.2, 0) is 0 Å². The number of carbonyl (C=O) groups is 1. The van der Waals surface area contributed by atoms with Gasteiger partial charge in [0.2, 0.25) is 0 Å². The Bertz CT molecular complexity index is 998. The van der Waals surface area contributed by atoms with Gasteiger partial charge in [-0.3, -0.25) is 9.78 Å². The summed E-state index contributed by atoms with van der Waals surface area (Å²) in [5.74, 6) is -2.04. The number of nitrogens with zero attached hydrogens (tertiary/aromatic N) is 1. The quantitative estimate of drug-likeness (QED) is 0.643. The molecular formula is C19H14ClF2N3O2. The number of hydrogen-bond acceptors (Lipinski definition) is 4. The topological polar surface area (TPSA) is 63.2 Å². The Morgan fingerprint density at radius 2 is 1.85 bits per heavy atom. The van der Waals surface area contributed by atoms with Crippen LogP contribution in [0.25, 0.3) is 0 Å². The standard InChI is InChI=1S/C19H14ClF2N3O2/c1-27-18-5-2-11(20)8-16(18)24-13-6-7-23-17(10-13)19(26)25-12-3-4-14(21)15(22)9-12/h2-10H,1H3,(H,23,24)(H,25,26). The first-order valence-electron chi connectivity index (χ1n) is 7.79. The van der Waals surface area contributed by atoms with Gasteiger partial charge >= 0.3 is 0 Å². The number of benzene rings is 2. The van der Waals surface area contributed by atoms with E-state index in [4.69, 9.17) is 16.3 Å². The number of anilines is 3. The van der Waals surface area contributed by atoms with Crippen LogP contribution in [0.3, 0.4) is 0 Å². The molecule has 0 atom stereocenters. The first kappa shape index (κ1) is 18.6. The van der Waals surface area contributed by atoms with E-state index in [0.29, 0.717) is 22.1 Å². The summed E-state index contributed by atoms with van der Waals surface area (Å²) in [4.78, 5) is 16.3. The van der Waals surface area contributed by atoms with Gasteiger partial charge in [-0.05, 0) is 42.5 Å². The van der Waals surface area contributed by atoms with E-state index in [2.05, 4.69) is 15.6 Å². The second-order valence-electron chi connectivity index (χ2n) is 5.48. The Morgan fingerprint density at radius 1 is 1.04 bits per heavy atom. The van der Waals surface area contributed by atoms with E-state index in [9.17, 15) is 13.6 Å². The number of rotatable bonds is 5. The first-order valence-corrected chi connectivity index (χ1v) is 8.17. The summed E-state index contributed by atoms with van der Waals surface area (Å²) in [6, 6.07) is 11.3. The van der Waals surface area contributed by atoms with E-state index in [0.717, 1.165) is 12.1 Å². The molecule has 1 amide bonds. The van der Waals surface area contributed by atoms with Gasteiger partial charge in [-0.25, -0.2) is 8.78 Å². The van der Waals surface area contributed by atoms with Gasteiger partial charge in [0, 0.05) is 28.7 Å². The van der Waals surface area contributed by atoms with Crippen LogP contribution in [-0.4, -0.2) is 18.0 Å². The van der Waals surface area contributed by atoms with E-state index in [1.807, 2.05) is 0 Å². The molecule has 0 saturated heterocycles. The van der Waals surface area contributed by atoms with Crippen molar-refractivity contribution in [1.82, 2.24) is 4.98 Å². The third-order valence-corrected chi connectivity index (χ3v) is 3.85. The third-order valence-electron chi connectivity index (χ3n) is 3.61. The summed E-state index contributed by atoms with van der Waals surface area (Å²) >= 11 is 6.01. The van der Waals surface area contributed by atoms with Gasteiger partial charge in [-0.2, -0.15) is 0 Å². The molecule has 3 aromatic rings. The molecule has 0 bridgehead atoms. The Balaban J connectivity index is 1.80. The van der Waals surface area contributed by atoms with Crippen molar-refractivity contribution in [2.75, 3.05) is 17.7 Å². The van der Waals surface area contributed by atoms with Crippen molar-refractivity contribution in [2.45, 2.75) is 0 Å². The summed E-state index contributed by atoms with van der Waals surface area (Å²) in [6.45, 7) is 0. The molecule has 0 saturated carbocycles. The van der Waals surface area contributed by atoms with Crippen LogP contribution in [0.4, 0.5) is 25.8 Å². The molecular weight excluding hydrogens is 376 g/mol. The molecule has 0 aliphatic rings. The zero-order valence-electron chi connectivity index (χ0n) is 14.1. The Hall–Kier alpha value is -3.19. The van der Waals surface area contributed by atoms with Gasteiger partial charge in [-0.1, -0.05) is 11.6 Å².